The Labute approximate surface area is 179 Å². The van der Waals surface area contributed by atoms with E-state index in [1.165, 1.54) is 11.9 Å². The first-order valence-corrected chi connectivity index (χ1v) is 9.55. The molecule has 4 nitrogen and oxygen atoms in total. The number of rotatable bonds is 4. The van der Waals surface area contributed by atoms with Crippen LogP contribution in [0.1, 0.15) is 5.56 Å². The molecule has 0 bridgehead atoms. The van der Waals surface area contributed by atoms with Crippen molar-refractivity contribution in [3.05, 3.63) is 68.9 Å². The first-order chi connectivity index (χ1) is 13.2. The summed E-state index contributed by atoms with van der Waals surface area (Å²) in [5.74, 6) is -0.0813. The van der Waals surface area contributed by atoms with Gasteiger partial charge in [-0.05, 0) is 71.1 Å². The summed E-state index contributed by atoms with van der Waals surface area (Å²) in [6, 6.07) is 14.0. The topological polar surface area (TPSA) is 32.3 Å². The van der Waals surface area contributed by atoms with Crippen LogP contribution in [0.25, 0.3) is 0 Å². The van der Waals surface area contributed by atoms with Gasteiger partial charge in [0, 0.05) is 40.3 Å². The van der Waals surface area contributed by atoms with Gasteiger partial charge in [-0.1, -0.05) is 11.6 Å². The average Bonchev–Trinajstić information content (AvgIpc) is 2.67. The number of anilines is 4. The summed E-state index contributed by atoms with van der Waals surface area (Å²) >= 11 is 8.06. The van der Waals surface area contributed by atoms with E-state index in [0.29, 0.717) is 10.7 Å². The van der Waals surface area contributed by atoms with Gasteiger partial charge < -0.3 is 9.80 Å². The number of alkyl halides is 3. The smallest absolute Gasteiger partial charge is 0.329 e. The summed E-state index contributed by atoms with van der Waals surface area (Å²) in [4.78, 5) is 11.2. The molecule has 0 saturated carbocycles. The van der Waals surface area contributed by atoms with Gasteiger partial charge in [0.1, 0.15) is 5.56 Å². The summed E-state index contributed by atoms with van der Waals surface area (Å²) < 4.78 is 41.7. The Hall–Kier alpha value is -2.07. The first-order valence-electron chi connectivity index (χ1n) is 8.09. The molecule has 3 rings (SSSR count). The highest BCUT2D eigenvalue weighted by molar-refractivity contribution is 14.1. The van der Waals surface area contributed by atoms with Gasteiger partial charge in [-0.2, -0.15) is 18.2 Å². The lowest BCUT2D eigenvalue weighted by Crippen LogP contribution is -2.21. The van der Waals surface area contributed by atoms with Gasteiger partial charge in [-0.3, -0.25) is 0 Å². The molecule has 1 heterocycles. The fraction of sp³-hybridized carbons (Fsp3) is 0.158. The van der Waals surface area contributed by atoms with Gasteiger partial charge in [-0.25, -0.2) is 4.98 Å². The molecule has 0 unspecified atom stereocenters. The number of hydrogen-bond donors (Lipinski definition) is 0. The predicted molar refractivity (Wildman–Crippen MR) is 114 cm³/mol. The molecule has 0 aliphatic heterocycles. The van der Waals surface area contributed by atoms with E-state index in [-0.39, 0.29) is 11.8 Å². The molecular weight excluding hydrogens is 504 g/mol. The van der Waals surface area contributed by atoms with Crippen molar-refractivity contribution in [2.75, 3.05) is 23.9 Å². The average molecular weight is 519 g/mol. The largest absolute Gasteiger partial charge is 0.421 e. The van der Waals surface area contributed by atoms with Gasteiger partial charge in [0.2, 0.25) is 5.95 Å². The van der Waals surface area contributed by atoms with E-state index in [9.17, 15) is 13.2 Å². The maximum Gasteiger partial charge on any atom is 0.421 e. The van der Waals surface area contributed by atoms with Crippen LogP contribution in [0.3, 0.4) is 0 Å². The van der Waals surface area contributed by atoms with Crippen LogP contribution in [0.4, 0.5) is 36.3 Å². The van der Waals surface area contributed by atoms with E-state index in [0.717, 1.165) is 15.5 Å². The molecule has 0 amide bonds. The number of halogens is 5. The van der Waals surface area contributed by atoms with Gasteiger partial charge >= 0.3 is 6.18 Å². The molecule has 146 valence electrons. The lowest BCUT2D eigenvalue weighted by molar-refractivity contribution is -0.137. The molecule has 9 heteroatoms. The lowest BCUT2D eigenvalue weighted by atomic mass is 10.2. The normalized spacial score (nSPS) is 11.4. The molecule has 0 radical (unpaired) electrons. The van der Waals surface area contributed by atoms with Crippen molar-refractivity contribution in [2.24, 2.45) is 0 Å². The van der Waals surface area contributed by atoms with Crippen LogP contribution in [-0.2, 0) is 6.18 Å². The Bertz CT molecular complexity index is 962. The van der Waals surface area contributed by atoms with Crippen LogP contribution in [-0.4, -0.2) is 24.1 Å². The number of hydrogen-bond acceptors (Lipinski definition) is 4. The molecule has 28 heavy (non-hydrogen) atoms. The second-order valence-electron chi connectivity index (χ2n) is 5.98. The Morgan fingerprint density at radius 2 is 1.43 bits per heavy atom. The number of nitrogens with zero attached hydrogens (tertiary/aromatic N) is 4. The number of benzene rings is 2. The Kier molecular flexibility index (Phi) is 5.99. The molecule has 0 spiro atoms. The summed E-state index contributed by atoms with van der Waals surface area (Å²) in [5.41, 5.74) is 0.376. The van der Waals surface area contributed by atoms with Crippen LogP contribution < -0.4 is 9.80 Å². The van der Waals surface area contributed by atoms with Crippen LogP contribution >= 0.6 is 34.2 Å². The summed E-state index contributed by atoms with van der Waals surface area (Å²) in [5, 5.41) is 0.495. The van der Waals surface area contributed by atoms with Crippen molar-refractivity contribution in [1.82, 2.24) is 9.97 Å². The fourth-order valence-corrected chi connectivity index (χ4v) is 3.03. The molecule has 0 atom stereocenters. The van der Waals surface area contributed by atoms with Gasteiger partial charge in [-0.15, -0.1) is 0 Å². The maximum atomic E-state index is 13.5. The van der Waals surface area contributed by atoms with Crippen LogP contribution in [0.5, 0.6) is 0 Å². The summed E-state index contributed by atoms with van der Waals surface area (Å²) in [6.45, 7) is 0. The quantitative estimate of drug-likeness (QED) is 0.380. The Morgan fingerprint density at radius 3 is 2.00 bits per heavy atom. The molecule has 2 aromatic carbocycles. The van der Waals surface area contributed by atoms with E-state index in [1.54, 1.807) is 36.2 Å². The molecule has 0 fully saturated rings. The zero-order valence-corrected chi connectivity index (χ0v) is 17.8. The van der Waals surface area contributed by atoms with E-state index in [4.69, 9.17) is 11.6 Å². The highest BCUT2D eigenvalue weighted by Gasteiger charge is 2.37. The van der Waals surface area contributed by atoms with Crippen molar-refractivity contribution in [1.29, 1.82) is 0 Å². The molecule has 1 aromatic heterocycles. The molecule has 0 aliphatic rings. The summed E-state index contributed by atoms with van der Waals surface area (Å²) in [7, 11) is 3.23. The minimum atomic E-state index is -4.59. The third-order valence-electron chi connectivity index (χ3n) is 4.11. The van der Waals surface area contributed by atoms with E-state index < -0.39 is 11.7 Å². The third-order valence-corrected chi connectivity index (χ3v) is 5.08. The van der Waals surface area contributed by atoms with E-state index in [2.05, 4.69) is 32.6 Å². The van der Waals surface area contributed by atoms with Crippen molar-refractivity contribution in [3.63, 3.8) is 0 Å². The highest BCUT2D eigenvalue weighted by atomic mass is 127. The van der Waals surface area contributed by atoms with Crippen LogP contribution in [0, 0.1) is 3.57 Å². The second kappa shape index (κ2) is 8.12. The zero-order valence-electron chi connectivity index (χ0n) is 14.9. The lowest BCUT2D eigenvalue weighted by Gasteiger charge is -2.25. The fourth-order valence-electron chi connectivity index (χ4n) is 2.55. The molecule has 0 aliphatic carbocycles. The Balaban J connectivity index is 2.06. The first kappa shape index (κ1) is 20.7. The van der Waals surface area contributed by atoms with Gasteiger partial charge in [0.25, 0.3) is 0 Å². The van der Waals surface area contributed by atoms with E-state index in [1.807, 2.05) is 24.3 Å². The van der Waals surface area contributed by atoms with Crippen molar-refractivity contribution in [3.8, 4) is 0 Å². The van der Waals surface area contributed by atoms with Gasteiger partial charge in [0.15, 0.2) is 5.82 Å². The minimum Gasteiger partial charge on any atom is -0.329 e. The zero-order chi connectivity index (χ0) is 20.5. The molecule has 0 saturated heterocycles. The van der Waals surface area contributed by atoms with Crippen molar-refractivity contribution >= 4 is 57.3 Å². The number of aromatic nitrogens is 2. The Morgan fingerprint density at radius 1 is 0.893 bits per heavy atom. The van der Waals surface area contributed by atoms with E-state index >= 15 is 0 Å². The molecule has 0 N–H and O–H groups in total. The second-order valence-corrected chi connectivity index (χ2v) is 7.66. The molecule has 3 aromatic rings. The molecular formula is C19H15ClF3IN4. The van der Waals surface area contributed by atoms with Crippen LogP contribution in [0.2, 0.25) is 5.02 Å². The van der Waals surface area contributed by atoms with Gasteiger partial charge in [0.05, 0.1) is 0 Å². The monoisotopic (exact) mass is 518 g/mol. The minimum absolute atomic E-state index is 0.157. The SMILES string of the molecule is CN(c1ccc(I)cc1)c1ncc(C(F)(F)F)c(N(C)c2ccc(Cl)cc2)n1. The highest BCUT2D eigenvalue weighted by Crippen LogP contribution is 2.38. The third kappa shape index (κ3) is 4.49. The summed E-state index contributed by atoms with van der Waals surface area (Å²) in [6.07, 6.45) is -3.77. The predicted octanol–water partition coefficient (Wildman–Crippen LogP) is 6.29. The van der Waals surface area contributed by atoms with Crippen molar-refractivity contribution in [2.45, 2.75) is 6.18 Å². The maximum absolute atomic E-state index is 13.5. The standard InChI is InChI=1S/C19H15ClF3IN4/c1-27(14-7-3-12(20)4-8-14)17-16(19(21,22)23)11-25-18(26-17)28(2)15-9-5-13(24)6-10-15/h3-11H,1-2H3. The van der Waals surface area contributed by atoms with Crippen LogP contribution in [0.15, 0.2) is 54.7 Å². The van der Waals surface area contributed by atoms with Crippen molar-refractivity contribution < 1.29 is 13.2 Å².